The molecule has 0 saturated heterocycles. The molecule has 0 unspecified atom stereocenters. The number of carbonyl (C=O) groups excluding carboxylic acids is 1. The number of rotatable bonds is 1. The van der Waals surface area contributed by atoms with E-state index < -0.39 is 0 Å². The van der Waals surface area contributed by atoms with E-state index in [4.69, 9.17) is 9.15 Å². The van der Waals surface area contributed by atoms with E-state index in [9.17, 15) is 9.90 Å². The van der Waals surface area contributed by atoms with Crippen molar-refractivity contribution < 1.29 is 19.1 Å². The predicted molar refractivity (Wildman–Crippen MR) is 77.3 cm³/mol. The van der Waals surface area contributed by atoms with Crippen molar-refractivity contribution in [3.8, 4) is 11.5 Å². The molecule has 2 aromatic carbocycles. The number of Topliss-reactive ketones (excluding diaryl/α,β-unsaturated/α-hetero) is 1. The Morgan fingerprint density at radius 1 is 1.05 bits per heavy atom. The van der Waals surface area contributed by atoms with Crippen LogP contribution in [0.15, 0.2) is 58.7 Å². The summed E-state index contributed by atoms with van der Waals surface area (Å²) in [4.78, 5) is 12.2. The smallest absolute Gasteiger partial charge is 0.232 e. The second-order valence-corrected chi connectivity index (χ2v) is 4.81. The lowest BCUT2D eigenvalue weighted by atomic mass is 10.1. The maximum absolute atomic E-state index is 12.2. The minimum atomic E-state index is -0.217. The number of ketones is 1. The molecule has 2 heterocycles. The largest absolute Gasteiger partial charge is 0.508 e. The Kier molecular flexibility index (Phi) is 2.38. The maximum Gasteiger partial charge on any atom is 0.232 e. The van der Waals surface area contributed by atoms with E-state index >= 15 is 0 Å². The third kappa shape index (κ3) is 1.89. The molecule has 102 valence electrons. The van der Waals surface area contributed by atoms with Gasteiger partial charge in [-0.25, -0.2) is 0 Å². The molecule has 4 nitrogen and oxygen atoms in total. The number of benzene rings is 2. The molecule has 0 amide bonds. The van der Waals surface area contributed by atoms with Gasteiger partial charge in [-0.3, -0.25) is 4.79 Å². The Hall–Kier alpha value is -3.01. The maximum atomic E-state index is 12.2. The Balaban J connectivity index is 1.76. The first-order chi connectivity index (χ1) is 10.2. The lowest BCUT2D eigenvalue weighted by Crippen LogP contribution is -1.97. The molecule has 0 radical (unpaired) electrons. The van der Waals surface area contributed by atoms with E-state index in [-0.39, 0.29) is 17.3 Å². The molecule has 0 spiro atoms. The molecule has 3 aromatic rings. The summed E-state index contributed by atoms with van der Waals surface area (Å²) >= 11 is 0. The summed E-state index contributed by atoms with van der Waals surface area (Å²) in [6.07, 6.45) is 1.57. The van der Waals surface area contributed by atoms with Crippen molar-refractivity contribution in [2.75, 3.05) is 0 Å². The van der Waals surface area contributed by atoms with Crippen molar-refractivity contribution in [2.45, 2.75) is 0 Å². The number of phenols is 1. The van der Waals surface area contributed by atoms with Crippen LogP contribution in [0, 0.1) is 0 Å². The molecule has 1 aliphatic rings. The summed E-state index contributed by atoms with van der Waals surface area (Å²) in [5.74, 6) is 0.950. The van der Waals surface area contributed by atoms with Gasteiger partial charge in [-0.15, -0.1) is 0 Å². The summed E-state index contributed by atoms with van der Waals surface area (Å²) in [5.41, 5.74) is 1.19. The highest BCUT2D eigenvalue weighted by Gasteiger charge is 2.27. The van der Waals surface area contributed by atoms with E-state index in [0.717, 1.165) is 11.0 Å². The number of allylic oxidation sites excluding steroid dienone is 1. The van der Waals surface area contributed by atoms with Crippen LogP contribution < -0.4 is 4.74 Å². The first kappa shape index (κ1) is 11.8. The fraction of sp³-hybridized carbons (Fsp3) is 0. The number of fused-ring (bicyclic) bond motifs is 2. The van der Waals surface area contributed by atoms with Gasteiger partial charge in [0, 0.05) is 17.5 Å². The van der Waals surface area contributed by atoms with Gasteiger partial charge < -0.3 is 14.3 Å². The van der Waals surface area contributed by atoms with Crippen molar-refractivity contribution in [3.63, 3.8) is 0 Å². The van der Waals surface area contributed by atoms with E-state index in [1.165, 1.54) is 12.1 Å². The topological polar surface area (TPSA) is 59.7 Å². The summed E-state index contributed by atoms with van der Waals surface area (Å²) in [7, 11) is 0. The van der Waals surface area contributed by atoms with Gasteiger partial charge in [0.1, 0.15) is 22.8 Å². The van der Waals surface area contributed by atoms with Crippen LogP contribution in [0.4, 0.5) is 0 Å². The van der Waals surface area contributed by atoms with Crippen LogP contribution in [0.1, 0.15) is 16.1 Å². The number of hydrogen-bond donors (Lipinski definition) is 1. The van der Waals surface area contributed by atoms with Crippen LogP contribution in [-0.4, -0.2) is 10.9 Å². The molecular formula is C17H10O4. The first-order valence-corrected chi connectivity index (χ1v) is 6.46. The Morgan fingerprint density at radius 3 is 2.76 bits per heavy atom. The molecule has 21 heavy (non-hydrogen) atoms. The zero-order valence-corrected chi connectivity index (χ0v) is 10.9. The van der Waals surface area contributed by atoms with Crippen molar-refractivity contribution >= 4 is 22.8 Å². The number of aromatic hydroxyl groups is 1. The lowest BCUT2D eigenvalue weighted by molar-refractivity contribution is 0.101. The van der Waals surface area contributed by atoms with Crippen molar-refractivity contribution in [1.82, 2.24) is 0 Å². The number of para-hydroxylation sites is 1. The predicted octanol–water partition coefficient (Wildman–Crippen LogP) is 3.75. The van der Waals surface area contributed by atoms with E-state index in [1.54, 1.807) is 12.1 Å². The fourth-order valence-electron chi connectivity index (χ4n) is 2.38. The average Bonchev–Trinajstić information content (AvgIpc) is 3.00. The number of ether oxygens (including phenoxy) is 1. The summed E-state index contributed by atoms with van der Waals surface area (Å²) in [6, 6.07) is 13.9. The average molecular weight is 278 g/mol. The summed E-state index contributed by atoms with van der Waals surface area (Å²) in [6.45, 7) is 0. The number of furan rings is 1. The third-order valence-electron chi connectivity index (χ3n) is 3.37. The van der Waals surface area contributed by atoms with E-state index in [2.05, 4.69) is 0 Å². The fourth-order valence-corrected chi connectivity index (χ4v) is 2.38. The molecular weight excluding hydrogens is 268 g/mol. The van der Waals surface area contributed by atoms with Gasteiger partial charge in [-0.05, 0) is 24.3 Å². The van der Waals surface area contributed by atoms with Gasteiger partial charge in [0.2, 0.25) is 5.78 Å². The highest BCUT2D eigenvalue weighted by molar-refractivity contribution is 6.14. The Labute approximate surface area is 119 Å². The van der Waals surface area contributed by atoms with Gasteiger partial charge in [0.15, 0.2) is 5.76 Å². The SMILES string of the molecule is O=C1C(=Cc2cc3ccccc3o2)Oc2cc(O)ccc21. The Bertz CT molecular complexity index is 869. The molecule has 0 saturated carbocycles. The number of carbonyl (C=O) groups is 1. The van der Waals surface area contributed by atoms with E-state index in [0.29, 0.717) is 17.1 Å². The molecule has 0 atom stereocenters. The molecule has 0 bridgehead atoms. The van der Waals surface area contributed by atoms with Gasteiger partial charge in [-0.2, -0.15) is 0 Å². The molecule has 1 aliphatic heterocycles. The molecule has 0 aliphatic carbocycles. The first-order valence-electron chi connectivity index (χ1n) is 6.46. The molecule has 1 aromatic heterocycles. The van der Waals surface area contributed by atoms with Crippen molar-refractivity contribution in [1.29, 1.82) is 0 Å². The zero-order chi connectivity index (χ0) is 14.4. The highest BCUT2D eigenvalue weighted by Crippen LogP contribution is 2.34. The summed E-state index contributed by atoms with van der Waals surface area (Å²) < 4.78 is 11.1. The lowest BCUT2D eigenvalue weighted by Gasteiger charge is -1.97. The molecule has 0 fully saturated rings. The van der Waals surface area contributed by atoms with Crippen LogP contribution in [-0.2, 0) is 0 Å². The number of phenolic OH excluding ortho intramolecular Hbond substituents is 1. The van der Waals surface area contributed by atoms with E-state index in [1.807, 2.05) is 30.3 Å². The van der Waals surface area contributed by atoms with Crippen molar-refractivity contribution in [3.05, 3.63) is 65.6 Å². The standard InChI is InChI=1S/C17H10O4/c18-11-5-6-13-15(8-11)21-16(17(13)19)9-12-7-10-3-1-2-4-14(10)20-12/h1-9,18H. The molecule has 4 heteroatoms. The Morgan fingerprint density at radius 2 is 1.90 bits per heavy atom. The van der Waals surface area contributed by atoms with Gasteiger partial charge in [-0.1, -0.05) is 18.2 Å². The van der Waals surface area contributed by atoms with Gasteiger partial charge in [0.05, 0.1) is 5.56 Å². The highest BCUT2D eigenvalue weighted by atomic mass is 16.5. The van der Waals surface area contributed by atoms with Crippen LogP contribution >= 0.6 is 0 Å². The third-order valence-corrected chi connectivity index (χ3v) is 3.37. The molecule has 1 N–H and O–H groups in total. The van der Waals surface area contributed by atoms with Crippen LogP contribution in [0.2, 0.25) is 0 Å². The number of hydrogen-bond acceptors (Lipinski definition) is 4. The zero-order valence-electron chi connectivity index (χ0n) is 10.9. The van der Waals surface area contributed by atoms with Crippen molar-refractivity contribution in [2.24, 2.45) is 0 Å². The summed E-state index contributed by atoms with van der Waals surface area (Å²) in [5, 5.41) is 10.4. The monoisotopic (exact) mass is 278 g/mol. The minimum Gasteiger partial charge on any atom is -0.508 e. The van der Waals surface area contributed by atoms with Crippen LogP contribution in [0.5, 0.6) is 11.5 Å². The minimum absolute atomic E-state index is 0.0616. The quantitative estimate of drug-likeness (QED) is 0.688. The molecule has 4 rings (SSSR count). The van der Waals surface area contributed by atoms with Crippen LogP contribution in [0.3, 0.4) is 0 Å². The van der Waals surface area contributed by atoms with Gasteiger partial charge >= 0.3 is 0 Å². The normalized spacial score (nSPS) is 15.4. The van der Waals surface area contributed by atoms with Crippen LogP contribution in [0.25, 0.3) is 17.0 Å². The van der Waals surface area contributed by atoms with Gasteiger partial charge in [0.25, 0.3) is 0 Å². The second-order valence-electron chi connectivity index (χ2n) is 4.81. The second kappa shape index (κ2) is 4.24.